The first-order valence-corrected chi connectivity index (χ1v) is 10.6. The second-order valence-electron chi connectivity index (χ2n) is 7.24. The Morgan fingerprint density at radius 3 is 2.50 bits per heavy atom. The summed E-state index contributed by atoms with van der Waals surface area (Å²) >= 11 is 11.9. The second kappa shape index (κ2) is 9.96. The van der Waals surface area contributed by atoms with Crippen molar-refractivity contribution in [2.75, 3.05) is 23.7 Å². The van der Waals surface area contributed by atoms with Gasteiger partial charge in [-0.15, -0.1) is 0 Å². The molecule has 2 aromatic carbocycles. The number of unbranched alkanes of at least 4 members (excludes halogenated alkanes) is 1. The topological polar surface area (TPSA) is 78.5 Å². The Bertz CT molecular complexity index is 947. The number of nitrogens with one attached hydrogen (secondary N) is 2. The van der Waals surface area contributed by atoms with E-state index in [1.54, 1.807) is 47.4 Å². The van der Waals surface area contributed by atoms with Gasteiger partial charge in [0.25, 0.3) is 5.91 Å². The fourth-order valence-corrected chi connectivity index (χ4v) is 3.70. The van der Waals surface area contributed by atoms with Gasteiger partial charge in [0, 0.05) is 35.8 Å². The number of likely N-dealkylation sites (tertiary alicyclic amines) is 1. The third-order valence-corrected chi connectivity index (χ3v) is 5.51. The van der Waals surface area contributed by atoms with E-state index in [-0.39, 0.29) is 30.1 Å². The predicted molar refractivity (Wildman–Crippen MR) is 119 cm³/mol. The SMILES string of the molecule is CCCCN1C[C@@H](C(=O)Nc2ccc(C(=O)Nc3ccc(Cl)cc3Cl)cc2)CC1=O. The quantitative estimate of drug-likeness (QED) is 0.637. The lowest BCUT2D eigenvalue weighted by Gasteiger charge is -2.16. The number of carbonyl (C=O) groups is 3. The zero-order valence-corrected chi connectivity index (χ0v) is 18.1. The van der Waals surface area contributed by atoms with Crippen molar-refractivity contribution < 1.29 is 14.4 Å². The second-order valence-corrected chi connectivity index (χ2v) is 8.08. The molecule has 1 aliphatic heterocycles. The van der Waals surface area contributed by atoms with Crippen LogP contribution < -0.4 is 10.6 Å². The van der Waals surface area contributed by atoms with Crippen LogP contribution in [0.5, 0.6) is 0 Å². The Morgan fingerprint density at radius 2 is 1.83 bits per heavy atom. The minimum Gasteiger partial charge on any atom is -0.342 e. The number of nitrogens with zero attached hydrogens (tertiary/aromatic N) is 1. The zero-order valence-electron chi connectivity index (χ0n) is 16.6. The number of halogens is 2. The Labute approximate surface area is 185 Å². The molecule has 0 unspecified atom stereocenters. The van der Waals surface area contributed by atoms with Crippen LogP contribution in [0.2, 0.25) is 10.0 Å². The molecule has 1 fully saturated rings. The summed E-state index contributed by atoms with van der Waals surface area (Å²) in [5, 5.41) is 6.38. The zero-order chi connectivity index (χ0) is 21.7. The van der Waals surface area contributed by atoms with E-state index in [4.69, 9.17) is 23.2 Å². The van der Waals surface area contributed by atoms with Crippen LogP contribution in [0, 0.1) is 5.92 Å². The van der Waals surface area contributed by atoms with Gasteiger partial charge in [0.15, 0.2) is 0 Å². The highest BCUT2D eigenvalue weighted by molar-refractivity contribution is 6.36. The van der Waals surface area contributed by atoms with Gasteiger partial charge in [-0.3, -0.25) is 14.4 Å². The highest BCUT2D eigenvalue weighted by Crippen LogP contribution is 2.26. The van der Waals surface area contributed by atoms with E-state index in [1.165, 1.54) is 0 Å². The molecule has 0 bridgehead atoms. The summed E-state index contributed by atoms with van der Waals surface area (Å²) in [4.78, 5) is 38.7. The van der Waals surface area contributed by atoms with Gasteiger partial charge < -0.3 is 15.5 Å². The molecule has 1 heterocycles. The lowest BCUT2D eigenvalue weighted by molar-refractivity contribution is -0.128. The molecule has 6 nitrogen and oxygen atoms in total. The molecule has 0 saturated carbocycles. The minimum atomic E-state index is -0.357. The highest BCUT2D eigenvalue weighted by Gasteiger charge is 2.33. The maximum atomic E-state index is 12.5. The van der Waals surface area contributed by atoms with Crippen LogP contribution in [0.25, 0.3) is 0 Å². The standard InChI is InChI=1S/C22H23Cl2N3O3/c1-2-3-10-27-13-15(11-20(27)28)22(30)25-17-7-4-14(5-8-17)21(29)26-19-9-6-16(23)12-18(19)24/h4-9,12,15H,2-3,10-11,13H2,1H3,(H,25,30)(H,26,29)/t15-/m0/s1. The van der Waals surface area contributed by atoms with E-state index >= 15 is 0 Å². The van der Waals surface area contributed by atoms with Crippen molar-refractivity contribution in [2.24, 2.45) is 5.92 Å². The van der Waals surface area contributed by atoms with E-state index in [0.29, 0.717) is 40.1 Å². The van der Waals surface area contributed by atoms with Crippen LogP contribution in [0.3, 0.4) is 0 Å². The molecule has 3 rings (SSSR count). The molecule has 1 atom stereocenters. The summed E-state index contributed by atoms with van der Waals surface area (Å²) in [7, 11) is 0. The molecule has 1 aliphatic rings. The monoisotopic (exact) mass is 447 g/mol. The molecule has 30 heavy (non-hydrogen) atoms. The van der Waals surface area contributed by atoms with Gasteiger partial charge in [-0.2, -0.15) is 0 Å². The lowest BCUT2D eigenvalue weighted by atomic mass is 10.1. The Hall–Kier alpha value is -2.57. The van der Waals surface area contributed by atoms with Crippen molar-refractivity contribution in [3.63, 3.8) is 0 Å². The molecule has 0 aromatic heterocycles. The molecule has 0 radical (unpaired) electrons. The first-order valence-electron chi connectivity index (χ1n) is 9.82. The predicted octanol–water partition coefficient (Wildman–Crippen LogP) is 4.83. The van der Waals surface area contributed by atoms with E-state index in [0.717, 1.165) is 12.8 Å². The van der Waals surface area contributed by atoms with Crippen molar-refractivity contribution in [3.8, 4) is 0 Å². The van der Waals surface area contributed by atoms with Gasteiger partial charge in [-0.25, -0.2) is 0 Å². The maximum Gasteiger partial charge on any atom is 0.255 e. The van der Waals surface area contributed by atoms with E-state index < -0.39 is 0 Å². The number of rotatable bonds is 7. The summed E-state index contributed by atoms with van der Waals surface area (Å²) in [5.74, 6) is -0.849. The Morgan fingerprint density at radius 1 is 1.10 bits per heavy atom. The number of hydrogen-bond acceptors (Lipinski definition) is 3. The van der Waals surface area contributed by atoms with Crippen LogP contribution in [0.15, 0.2) is 42.5 Å². The van der Waals surface area contributed by atoms with Gasteiger partial charge in [-0.05, 0) is 48.9 Å². The van der Waals surface area contributed by atoms with Gasteiger partial charge in [0.05, 0.1) is 16.6 Å². The highest BCUT2D eigenvalue weighted by atomic mass is 35.5. The van der Waals surface area contributed by atoms with E-state index in [2.05, 4.69) is 17.6 Å². The molecule has 0 spiro atoms. The average Bonchev–Trinajstić information content (AvgIpc) is 3.09. The normalized spacial score (nSPS) is 15.9. The lowest BCUT2D eigenvalue weighted by Crippen LogP contribution is -2.29. The minimum absolute atomic E-state index is 0.0245. The number of hydrogen-bond donors (Lipinski definition) is 2. The summed E-state index contributed by atoms with van der Waals surface area (Å²) in [6.07, 6.45) is 2.17. The molecule has 2 aromatic rings. The first kappa shape index (κ1) is 22.1. The van der Waals surface area contributed by atoms with Crippen molar-refractivity contribution in [1.82, 2.24) is 4.90 Å². The summed E-state index contributed by atoms with van der Waals surface area (Å²) in [6, 6.07) is 11.4. The van der Waals surface area contributed by atoms with Crippen LogP contribution in [0.4, 0.5) is 11.4 Å². The van der Waals surface area contributed by atoms with Crippen molar-refractivity contribution in [3.05, 3.63) is 58.1 Å². The van der Waals surface area contributed by atoms with Crippen LogP contribution in [-0.2, 0) is 9.59 Å². The number of anilines is 2. The van der Waals surface area contributed by atoms with Gasteiger partial charge >= 0.3 is 0 Å². The fourth-order valence-electron chi connectivity index (χ4n) is 3.25. The third-order valence-electron chi connectivity index (χ3n) is 4.96. The summed E-state index contributed by atoms with van der Waals surface area (Å²) < 4.78 is 0. The van der Waals surface area contributed by atoms with Crippen LogP contribution in [0.1, 0.15) is 36.5 Å². The average molecular weight is 448 g/mol. The number of carbonyl (C=O) groups excluding carboxylic acids is 3. The molecule has 8 heteroatoms. The summed E-state index contributed by atoms with van der Waals surface area (Å²) in [5.41, 5.74) is 1.45. The van der Waals surface area contributed by atoms with Crippen molar-refractivity contribution >= 4 is 52.3 Å². The largest absolute Gasteiger partial charge is 0.342 e. The molecule has 1 saturated heterocycles. The van der Waals surface area contributed by atoms with Gasteiger partial charge in [0.1, 0.15) is 0 Å². The fraction of sp³-hybridized carbons (Fsp3) is 0.318. The number of amides is 3. The van der Waals surface area contributed by atoms with Gasteiger partial charge in [0.2, 0.25) is 11.8 Å². The Kier molecular flexibility index (Phi) is 7.34. The molecule has 2 N–H and O–H groups in total. The smallest absolute Gasteiger partial charge is 0.255 e. The molecule has 0 aliphatic carbocycles. The van der Waals surface area contributed by atoms with Crippen molar-refractivity contribution in [1.29, 1.82) is 0 Å². The summed E-state index contributed by atoms with van der Waals surface area (Å²) in [6.45, 7) is 3.21. The van der Waals surface area contributed by atoms with E-state index in [1.807, 2.05) is 0 Å². The van der Waals surface area contributed by atoms with E-state index in [9.17, 15) is 14.4 Å². The Balaban J connectivity index is 1.57. The molecule has 158 valence electrons. The van der Waals surface area contributed by atoms with Gasteiger partial charge in [-0.1, -0.05) is 36.5 Å². The number of benzene rings is 2. The molecular formula is C22H23Cl2N3O3. The maximum absolute atomic E-state index is 12.5. The molecule has 3 amide bonds. The first-order chi connectivity index (χ1) is 14.4. The third kappa shape index (κ3) is 5.52. The van der Waals surface area contributed by atoms with Crippen LogP contribution >= 0.6 is 23.2 Å². The molecular weight excluding hydrogens is 425 g/mol. The van der Waals surface area contributed by atoms with Crippen LogP contribution in [-0.4, -0.2) is 35.7 Å². The van der Waals surface area contributed by atoms with Crippen molar-refractivity contribution in [2.45, 2.75) is 26.2 Å².